The van der Waals surface area contributed by atoms with Crippen molar-refractivity contribution in [1.82, 2.24) is 25.1 Å². The number of likely N-dealkylation sites (tertiary alicyclic amines) is 1. The van der Waals surface area contributed by atoms with Gasteiger partial charge in [0.15, 0.2) is 0 Å². The predicted octanol–water partition coefficient (Wildman–Crippen LogP) is 5.46. The average Bonchev–Trinajstić information content (AvgIpc) is 3.53. The van der Waals surface area contributed by atoms with Gasteiger partial charge in [-0.1, -0.05) is 17.7 Å². The van der Waals surface area contributed by atoms with Gasteiger partial charge in [0.2, 0.25) is 17.7 Å². The Labute approximate surface area is 352 Å². The molecular formula is C42H51ClN5O9PS. The number of amides is 4. The fourth-order valence-corrected chi connectivity index (χ4v) is 12.0. The van der Waals surface area contributed by atoms with Gasteiger partial charge in [-0.3, -0.25) is 28.5 Å². The number of fused-ring (bicyclic) bond motifs is 3. The van der Waals surface area contributed by atoms with E-state index in [2.05, 4.69) is 10.4 Å². The van der Waals surface area contributed by atoms with E-state index >= 15 is 0 Å². The number of benzene rings is 2. The standard InChI is InChI=1S/C42H51ClN5O9PS/c1-24(2)56-42(53)25(3)45-58(54,57-33-8-5-31(43)6-9-33)23-26-4-11-36-29(16-26)20-37(59-36)38(49)44-34-19-28-17-27(28)18-32-7-10-35(48(32)40(34)51)41(52)47-21-30(22-47)39(50)46-12-14-55-15-13-46/h4-6,8-9,11,16,20,24-25,27-28,30,32,34-35H,7,10,12-15,17-19,21-23H2,1-3H3,(H,44,49)(H,45,54)/t25-,27+,28-,32+,34-,35-,58?/m0/s1. The van der Waals surface area contributed by atoms with Gasteiger partial charge in [0.1, 0.15) is 23.9 Å². The van der Waals surface area contributed by atoms with Crippen LogP contribution in [0.3, 0.4) is 0 Å². The summed E-state index contributed by atoms with van der Waals surface area (Å²) < 4.78 is 32.0. The summed E-state index contributed by atoms with van der Waals surface area (Å²) in [5, 5.41) is 7.18. The van der Waals surface area contributed by atoms with Crippen LogP contribution < -0.4 is 14.9 Å². The van der Waals surface area contributed by atoms with E-state index in [1.165, 1.54) is 11.3 Å². The Morgan fingerprint density at radius 3 is 2.39 bits per heavy atom. The Morgan fingerprint density at radius 1 is 0.932 bits per heavy atom. The summed E-state index contributed by atoms with van der Waals surface area (Å²) >= 11 is 7.36. The number of carbonyl (C=O) groups is 5. The molecule has 17 heteroatoms. The van der Waals surface area contributed by atoms with Crippen molar-refractivity contribution in [3.05, 3.63) is 64.0 Å². The quantitative estimate of drug-likeness (QED) is 0.177. The number of hydrogen-bond acceptors (Lipinski definition) is 10. The van der Waals surface area contributed by atoms with Crippen LogP contribution in [0.1, 0.15) is 68.1 Å². The third kappa shape index (κ3) is 9.34. The lowest BCUT2D eigenvalue weighted by Gasteiger charge is -2.44. The van der Waals surface area contributed by atoms with Crippen molar-refractivity contribution >= 4 is 70.1 Å². The van der Waals surface area contributed by atoms with E-state index in [-0.39, 0.29) is 47.9 Å². The zero-order valence-corrected chi connectivity index (χ0v) is 35.9. The van der Waals surface area contributed by atoms with E-state index in [9.17, 15) is 28.5 Å². The maximum Gasteiger partial charge on any atom is 0.323 e. The lowest BCUT2D eigenvalue weighted by atomic mass is 9.96. The molecule has 0 bridgehead atoms. The molecular weight excluding hydrogens is 817 g/mol. The highest BCUT2D eigenvalue weighted by molar-refractivity contribution is 7.56. The number of halogens is 1. The van der Waals surface area contributed by atoms with Crippen molar-refractivity contribution in [3.8, 4) is 5.75 Å². The zero-order chi connectivity index (χ0) is 41.6. The molecule has 5 aliphatic rings. The van der Waals surface area contributed by atoms with Crippen molar-refractivity contribution in [1.29, 1.82) is 0 Å². The molecule has 0 spiro atoms. The van der Waals surface area contributed by atoms with Crippen LogP contribution in [0.2, 0.25) is 5.02 Å². The molecule has 7 atom stereocenters. The highest BCUT2D eigenvalue weighted by Gasteiger charge is 2.53. The molecule has 14 nitrogen and oxygen atoms in total. The number of thiophene rings is 1. The van der Waals surface area contributed by atoms with E-state index in [0.29, 0.717) is 85.3 Å². The fourth-order valence-electron chi connectivity index (χ4n) is 8.92. The molecule has 1 saturated carbocycles. The second-order valence-corrected chi connectivity index (χ2v) is 20.4. The summed E-state index contributed by atoms with van der Waals surface area (Å²) in [6, 6.07) is 11.3. The van der Waals surface area contributed by atoms with Crippen molar-refractivity contribution in [2.75, 3.05) is 39.4 Å². The minimum absolute atomic E-state index is 0.0551. The summed E-state index contributed by atoms with van der Waals surface area (Å²) in [6.45, 7) is 7.92. The number of carbonyl (C=O) groups excluding carboxylic acids is 5. The molecule has 59 heavy (non-hydrogen) atoms. The van der Waals surface area contributed by atoms with Gasteiger partial charge in [0, 0.05) is 41.9 Å². The molecule has 4 saturated heterocycles. The predicted molar refractivity (Wildman–Crippen MR) is 222 cm³/mol. The van der Waals surface area contributed by atoms with Gasteiger partial charge in [0.25, 0.3) is 5.91 Å². The number of nitrogens with zero attached hydrogens (tertiary/aromatic N) is 3. The molecule has 5 heterocycles. The Hall–Kier alpha value is -4.01. The van der Waals surface area contributed by atoms with E-state index in [1.807, 2.05) is 23.1 Å². The summed E-state index contributed by atoms with van der Waals surface area (Å²) in [6.07, 6.45) is 3.28. The minimum Gasteiger partial charge on any atom is -0.462 e. The van der Waals surface area contributed by atoms with Gasteiger partial charge < -0.3 is 34.0 Å². The zero-order valence-electron chi connectivity index (χ0n) is 33.5. The largest absolute Gasteiger partial charge is 0.462 e. The third-order valence-corrected chi connectivity index (χ3v) is 15.5. The average molecular weight is 868 g/mol. The van der Waals surface area contributed by atoms with Crippen molar-refractivity contribution in [2.45, 2.75) is 89.3 Å². The number of nitrogens with one attached hydrogen (secondary N) is 2. The van der Waals surface area contributed by atoms with Crippen molar-refractivity contribution < 1.29 is 42.5 Å². The number of ether oxygens (including phenoxy) is 2. The Kier molecular flexibility index (Phi) is 12.1. The molecule has 1 unspecified atom stereocenters. The van der Waals surface area contributed by atoms with Gasteiger partial charge in [-0.2, -0.15) is 0 Å². The monoisotopic (exact) mass is 867 g/mol. The molecule has 2 N–H and O–H groups in total. The first-order valence-electron chi connectivity index (χ1n) is 20.6. The summed E-state index contributed by atoms with van der Waals surface area (Å²) in [4.78, 5) is 73.6. The molecule has 1 aliphatic carbocycles. The second-order valence-electron chi connectivity index (χ2n) is 16.8. The maximum atomic E-state index is 14.4. The lowest BCUT2D eigenvalue weighted by Crippen LogP contribution is -2.62. The molecule has 4 aliphatic heterocycles. The molecule has 5 fully saturated rings. The van der Waals surface area contributed by atoms with Crippen LogP contribution in [0.5, 0.6) is 5.75 Å². The smallest absolute Gasteiger partial charge is 0.323 e. The summed E-state index contributed by atoms with van der Waals surface area (Å²) in [7, 11) is -3.76. The van der Waals surface area contributed by atoms with Gasteiger partial charge in [-0.05, 0) is 118 Å². The fraction of sp³-hybridized carbons (Fsp3) is 0.548. The van der Waals surface area contributed by atoms with Crippen molar-refractivity contribution in [2.24, 2.45) is 17.8 Å². The Bertz CT molecular complexity index is 2160. The maximum absolute atomic E-state index is 14.4. The SMILES string of the molecule is CC(C)OC(=O)[C@H](C)NP(=O)(Cc1ccc2sc(C(=O)N[C@H]3C[C@@H]4C[C@@H]4C[C@H]4CC[C@@H](C(=O)N5CC(C(=O)N6CCOCC6)C5)N4C3=O)cc2c1)Oc1ccc(Cl)cc1. The van der Waals surface area contributed by atoms with Crippen LogP contribution >= 0.6 is 30.5 Å². The summed E-state index contributed by atoms with van der Waals surface area (Å²) in [5.41, 5.74) is 0.654. The van der Waals surface area contributed by atoms with Crippen LogP contribution in [-0.2, 0) is 39.4 Å². The van der Waals surface area contributed by atoms with Crippen LogP contribution in [0.25, 0.3) is 10.1 Å². The molecule has 1 aromatic heterocycles. The first-order chi connectivity index (χ1) is 28.2. The number of morpholine rings is 1. The van der Waals surface area contributed by atoms with Gasteiger partial charge in [-0.15, -0.1) is 11.3 Å². The van der Waals surface area contributed by atoms with Crippen LogP contribution in [-0.4, -0.2) is 114 Å². The van der Waals surface area contributed by atoms with Gasteiger partial charge >= 0.3 is 13.5 Å². The van der Waals surface area contributed by atoms with E-state index in [4.69, 9.17) is 25.6 Å². The Balaban J connectivity index is 0.948. The van der Waals surface area contributed by atoms with Crippen molar-refractivity contribution in [3.63, 3.8) is 0 Å². The van der Waals surface area contributed by atoms with E-state index < -0.39 is 31.6 Å². The van der Waals surface area contributed by atoms with Gasteiger partial charge in [0.05, 0.1) is 36.3 Å². The topological polar surface area (TPSA) is 164 Å². The molecule has 8 rings (SSSR count). The van der Waals surface area contributed by atoms with Gasteiger partial charge in [-0.25, -0.2) is 5.09 Å². The minimum atomic E-state index is -3.76. The second kappa shape index (κ2) is 17.2. The molecule has 3 aromatic rings. The van der Waals surface area contributed by atoms with E-state index in [0.717, 1.165) is 29.3 Å². The first-order valence-corrected chi connectivity index (χ1v) is 23.6. The normalized spacial score (nSPS) is 25.9. The molecule has 2 aromatic carbocycles. The van der Waals surface area contributed by atoms with Crippen LogP contribution in [0.15, 0.2) is 48.5 Å². The Morgan fingerprint density at radius 2 is 1.66 bits per heavy atom. The number of hydrogen-bond donors (Lipinski definition) is 2. The number of esters is 1. The first kappa shape index (κ1) is 41.7. The highest BCUT2D eigenvalue weighted by Crippen LogP contribution is 2.50. The van der Waals surface area contributed by atoms with Crippen LogP contribution in [0.4, 0.5) is 0 Å². The lowest BCUT2D eigenvalue weighted by molar-refractivity contribution is -0.157. The number of rotatable bonds is 12. The third-order valence-electron chi connectivity index (χ3n) is 12.1. The molecule has 316 valence electrons. The molecule has 0 radical (unpaired) electrons. The molecule has 4 amide bonds. The van der Waals surface area contributed by atoms with Crippen LogP contribution in [0, 0.1) is 17.8 Å². The van der Waals surface area contributed by atoms with E-state index in [1.54, 1.807) is 60.9 Å². The summed E-state index contributed by atoms with van der Waals surface area (Å²) in [5.74, 6) is -0.321. The highest BCUT2D eigenvalue weighted by atomic mass is 35.5.